The van der Waals surface area contributed by atoms with Crippen LogP contribution in [-0.2, 0) is 14.6 Å². The first-order valence-electron chi connectivity index (χ1n) is 10.2. The van der Waals surface area contributed by atoms with Gasteiger partial charge in [0.15, 0.2) is 16.4 Å². The standard InChI is InChI=1S/C23H25N3O4S/c1-16-7-6-10-21(17(16)2)30-14-23(27)24-22-13-20(18-8-4-3-5-9-18)25-26(22)19-11-12-31(28,29)15-19/h3-10,13,19H,11-12,14-15H2,1-2H3,(H,24,27)/t19-/m0/s1. The summed E-state index contributed by atoms with van der Waals surface area (Å²) in [7, 11) is -3.10. The van der Waals surface area contributed by atoms with Crippen molar-refractivity contribution in [1.29, 1.82) is 0 Å². The average Bonchev–Trinajstić information content (AvgIpc) is 3.32. The van der Waals surface area contributed by atoms with Crippen molar-refractivity contribution in [1.82, 2.24) is 9.78 Å². The molecule has 0 aliphatic carbocycles. The molecule has 162 valence electrons. The van der Waals surface area contributed by atoms with E-state index in [9.17, 15) is 13.2 Å². The minimum absolute atomic E-state index is 0.0186. The van der Waals surface area contributed by atoms with Gasteiger partial charge in [-0.3, -0.25) is 4.79 Å². The van der Waals surface area contributed by atoms with Crippen molar-refractivity contribution >= 4 is 21.6 Å². The number of hydrogen-bond donors (Lipinski definition) is 1. The summed E-state index contributed by atoms with van der Waals surface area (Å²) in [6.45, 7) is 3.78. The Morgan fingerprint density at radius 1 is 1.16 bits per heavy atom. The molecule has 1 aromatic heterocycles. The number of carbonyl (C=O) groups excluding carboxylic acids is 1. The number of aromatic nitrogens is 2. The maximum absolute atomic E-state index is 12.6. The Kier molecular flexibility index (Phi) is 5.82. The van der Waals surface area contributed by atoms with Gasteiger partial charge in [0.1, 0.15) is 11.6 Å². The Balaban J connectivity index is 1.55. The van der Waals surface area contributed by atoms with E-state index in [4.69, 9.17) is 4.74 Å². The van der Waals surface area contributed by atoms with E-state index in [1.54, 1.807) is 10.7 Å². The quantitative estimate of drug-likeness (QED) is 0.634. The summed E-state index contributed by atoms with van der Waals surface area (Å²) in [5.41, 5.74) is 3.65. The van der Waals surface area contributed by atoms with Crippen LogP contribution in [0.25, 0.3) is 11.3 Å². The Hall–Kier alpha value is -3.13. The summed E-state index contributed by atoms with van der Waals surface area (Å²) < 4.78 is 31.3. The zero-order valence-electron chi connectivity index (χ0n) is 17.5. The summed E-state index contributed by atoms with van der Waals surface area (Å²) >= 11 is 0. The molecule has 1 atom stereocenters. The predicted molar refractivity (Wildman–Crippen MR) is 120 cm³/mol. The van der Waals surface area contributed by atoms with Gasteiger partial charge in [0.05, 0.1) is 23.2 Å². The van der Waals surface area contributed by atoms with Crippen molar-refractivity contribution in [3.05, 3.63) is 65.7 Å². The molecule has 1 aliphatic rings. The van der Waals surface area contributed by atoms with Crippen molar-refractivity contribution in [3.63, 3.8) is 0 Å². The lowest BCUT2D eigenvalue weighted by atomic mass is 10.1. The molecule has 0 spiro atoms. The minimum Gasteiger partial charge on any atom is -0.483 e. The number of aryl methyl sites for hydroxylation is 1. The van der Waals surface area contributed by atoms with Crippen molar-refractivity contribution in [2.24, 2.45) is 0 Å². The van der Waals surface area contributed by atoms with Crippen LogP contribution < -0.4 is 10.1 Å². The summed E-state index contributed by atoms with van der Waals surface area (Å²) in [5.74, 6) is 0.945. The maximum Gasteiger partial charge on any atom is 0.263 e. The summed E-state index contributed by atoms with van der Waals surface area (Å²) in [4.78, 5) is 12.6. The molecule has 1 amide bonds. The number of carbonyl (C=O) groups is 1. The highest BCUT2D eigenvalue weighted by molar-refractivity contribution is 7.91. The molecule has 0 saturated carbocycles. The van der Waals surface area contributed by atoms with Crippen LogP contribution in [0.5, 0.6) is 5.75 Å². The van der Waals surface area contributed by atoms with Gasteiger partial charge in [-0.2, -0.15) is 5.10 Å². The van der Waals surface area contributed by atoms with Crippen LogP contribution in [-0.4, -0.2) is 42.2 Å². The van der Waals surface area contributed by atoms with Crippen LogP contribution in [0.4, 0.5) is 5.82 Å². The monoisotopic (exact) mass is 439 g/mol. The van der Waals surface area contributed by atoms with Gasteiger partial charge in [-0.05, 0) is 37.5 Å². The third-order valence-electron chi connectivity index (χ3n) is 5.54. The number of rotatable bonds is 6. The van der Waals surface area contributed by atoms with E-state index in [0.29, 0.717) is 23.7 Å². The smallest absolute Gasteiger partial charge is 0.263 e. The van der Waals surface area contributed by atoms with Crippen LogP contribution in [0.2, 0.25) is 0 Å². The summed E-state index contributed by atoms with van der Waals surface area (Å²) in [5, 5.41) is 7.47. The van der Waals surface area contributed by atoms with Gasteiger partial charge in [-0.1, -0.05) is 42.5 Å². The lowest BCUT2D eigenvalue weighted by Gasteiger charge is -2.14. The molecule has 31 heavy (non-hydrogen) atoms. The molecule has 4 rings (SSSR count). The highest BCUT2D eigenvalue weighted by Gasteiger charge is 2.31. The lowest BCUT2D eigenvalue weighted by Crippen LogP contribution is -2.24. The highest BCUT2D eigenvalue weighted by Crippen LogP contribution is 2.30. The predicted octanol–water partition coefficient (Wildman–Crippen LogP) is 3.54. The Morgan fingerprint density at radius 3 is 2.65 bits per heavy atom. The number of nitrogens with zero attached hydrogens (tertiary/aromatic N) is 2. The molecular weight excluding hydrogens is 414 g/mol. The Bertz CT molecular complexity index is 1200. The molecule has 2 heterocycles. The SMILES string of the molecule is Cc1cccc(OCC(=O)Nc2cc(-c3ccccc3)nn2[C@H]2CCS(=O)(=O)C2)c1C. The first-order chi connectivity index (χ1) is 14.8. The lowest BCUT2D eigenvalue weighted by molar-refractivity contribution is -0.118. The van der Waals surface area contributed by atoms with Crippen molar-refractivity contribution in [2.45, 2.75) is 26.3 Å². The van der Waals surface area contributed by atoms with E-state index in [1.807, 2.05) is 62.4 Å². The highest BCUT2D eigenvalue weighted by atomic mass is 32.2. The molecule has 1 N–H and O–H groups in total. The van der Waals surface area contributed by atoms with Gasteiger partial charge < -0.3 is 10.1 Å². The first kappa shape index (κ1) is 21.1. The largest absolute Gasteiger partial charge is 0.483 e. The number of benzene rings is 2. The van der Waals surface area contributed by atoms with Gasteiger partial charge >= 0.3 is 0 Å². The van der Waals surface area contributed by atoms with E-state index in [-0.39, 0.29) is 30.1 Å². The number of nitrogens with one attached hydrogen (secondary N) is 1. The minimum atomic E-state index is -3.10. The van der Waals surface area contributed by atoms with Crippen LogP contribution in [0.3, 0.4) is 0 Å². The molecule has 1 aliphatic heterocycles. The molecule has 1 fully saturated rings. The number of anilines is 1. The molecule has 0 radical (unpaired) electrons. The van der Waals surface area contributed by atoms with E-state index >= 15 is 0 Å². The van der Waals surface area contributed by atoms with Crippen LogP contribution in [0.15, 0.2) is 54.6 Å². The van der Waals surface area contributed by atoms with Crippen molar-refractivity contribution < 1.29 is 17.9 Å². The normalized spacial score (nSPS) is 17.4. The van der Waals surface area contributed by atoms with Gasteiger partial charge in [-0.25, -0.2) is 13.1 Å². The average molecular weight is 440 g/mol. The maximum atomic E-state index is 12.6. The van der Waals surface area contributed by atoms with Crippen LogP contribution >= 0.6 is 0 Å². The molecule has 8 heteroatoms. The summed E-state index contributed by atoms with van der Waals surface area (Å²) in [6.07, 6.45) is 0.472. The molecule has 3 aromatic rings. The molecule has 0 unspecified atom stereocenters. The Labute approximate surface area is 182 Å². The molecule has 0 bridgehead atoms. The third-order valence-corrected chi connectivity index (χ3v) is 7.29. The molecular formula is C23H25N3O4S. The molecule has 7 nitrogen and oxygen atoms in total. The molecule has 1 saturated heterocycles. The van der Waals surface area contributed by atoms with E-state index in [0.717, 1.165) is 16.7 Å². The number of ether oxygens (including phenoxy) is 1. The number of sulfone groups is 1. The Morgan fingerprint density at radius 2 is 1.94 bits per heavy atom. The second-order valence-corrected chi connectivity index (χ2v) is 10.0. The topological polar surface area (TPSA) is 90.3 Å². The fourth-order valence-electron chi connectivity index (χ4n) is 3.69. The third kappa shape index (κ3) is 4.80. The molecule has 2 aromatic carbocycles. The van der Waals surface area contributed by atoms with Crippen molar-refractivity contribution in [2.75, 3.05) is 23.4 Å². The van der Waals surface area contributed by atoms with E-state index in [2.05, 4.69) is 10.4 Å². The van der Waals surface area contributed by atoms with E-state index < -0.39 is 9.84 Å². The first-order valence-corrected chi connectivity index (χ1v) is 12.0. The second kappa shape index (κ2) is 8.55. The van der Waals surface area contributed by atoms with Crippen molar-refractivity contribution in [3.8, 4) is 17.0 Å². The second-order valence-electron chi connectivity index (χ2n) is 7.82. The zero-order chi connectivity index (χ0) is 22.0. The van der Waals surface area contributed by atoms with Gasteiger partial charge in [0, 0.05) is 11.6 Å². The van der Waals surface area contributed by atoms with Gasteiger partial charge in [0.25, 0.3) is 5.91 Å². The summed E-state index contributed by atoms with van der Waals surface area (Å²) in [6, 6.07) is 16.7. The van der Waals surface area contributed by atoms with Gasteiger partial charge in [-0.15, -0.1) is 0 Å². The number of hydrogen-bond acceptors (Lipinski definition) is 5. The van der Waals surface area contributed by atoms with Crippen LogP contribution in [0, 0.1) is 13.8 Å². The number of amides is 1. The fraction of sp³-hybridized carbons (Fsp3) is 0.304. The van der Waals surface area contributed by atoms with Crippen LogP contribution in [0.1, 0.15) is 23.6 Å². The van der Waals surface area contributed by atoms with Gasteiger partial charge in [0.2, 0.25) is 0 Å². The zero-order valence-corrected chi connectivity index (χ0v) is 18.4. The van der Waals surface area contributed by atoms with E-state index in [1.165, 1.54) is 0 Å². The fourth-order valence-corrected chi connectivity index (χ4v) is 5.38.